The van der Waals surface area contributed by atoms with E-state index < -0.39 is 0 Å². The van der Waals surface area contributed by atoms with Crippen LogP contribution in [0.25, 0.3) is 0 Å². The van der Waals surface area contributed by atoms with E-state index in [4.69, 9.17) is 5.11 Å². The lowest BCUT2D eigenvalue weighted by Gasteiger charge is -2.40. The van der Waals surface area contributed by atoms with Crippen LogP contribution in [-0.4, -0.2) is 36.2 Å². The van der Waals surface area contributed by atoms with Crippen LogP contribution in [0.1, 0.15) is 52.4 Å². The van der Waals surface area contributed by atoms with E-state index in [2.05, 4.69) is 18.7 Å². The van der Waals surface area contributed by atoms with Gasteiger partial charge in [-0.05, 0) is 50.6 Å². The van der Waals surface area contributed by atoms with Gasteiger partial charge in [0.1, 0.15) is 0 Å². The van der Waals surface area contributed by atoms with Crippen molar-refractivity contribution in [3.63, 3.8) is 0 Å². The van der Waals surface area contributed by atoms with Gasteiger partial charge in [-0.25, -0.2) is 0 Å². The van der Waals surface area contributed by atoms with Gasteiger partial charge in [0.2, 0.25) is 0 Å². The van der Waals surface area contributed by atoms with Crippen molar-refractivity contribution in [1.82, 2.24) is 4.90 Å². The molecule has 0 aliphatic carbocycles. The maximum Gasteiger partial charge on any atom is 0.0431 e. The molecule has 1 heterocycles. The Bertz CT molecular complexity index is 168. The first-order valence-electron chi connectivity index (χ1n) is 6.53. The molecule has 0 spiro atoms. The molecule has 0 amide bonds. The van der Waals surface area contributed by atoms with Crippen LogP contribution >= 0.6 is 0 Å². The zero-order valence-electron chi connectivity index (χ0n) is 10.5. The first-order valence-corrected chi connectivity index (χ1v) is 6.53. The Morgan fingerprint density at radius 3 is 2.80 bits per heavy atom. The van der Waals surface area contributed by atoms with Gasteiger partial charge in [-0.2, -0.15) is 0 Å². The Morgan fingerprint density at radius 2 is 2.13 bits per heavy atom. The summed E-state index contributed by atoms with van der Waals surface area (Å²) in [5, 5.41) is 8.76. The monoisotopic (exact) mass is 213 g/mol. The third-order valence-electron chi connectivity index (χ3n) is 3.60. The first kappa shape index (κ1) is 13.0. The number of hydrogen-bond acceptors (Lipinski definition) is 2. The van der Waals surface area contributed by atoms with Crippen molar-refractivity contribution in [2.75, 3.05) is 26.2 Å². The summed E-state index contributed by atoms with van der Waals surface area (Å²) in [7, 11) is 0. The van der Waals surface area contributed by atoms with Gasteiger partial charge < -0.3 is 10.0 Å². The molecule has 15 heavy (non-hydrogen) atoms. The molecule has 1 rings (SSSR count). The number of piperidine rings is 1. The van der Waals surface area contributed by atoms with Crippen LogP contribution in [0.5, 0.6) is 0 Å². The maximum absolute atomic E-state index is 8.76. The molecule has 0 saturated carbocycles. The van der Waals surface area contributed by atoms with Gasteiger partial charge in [-0.3, -0.25) is 0 Å². The summed E-state index contributed by atoms with van der Waals surface area (Å²) in [5.74, 6) is 0. The number of nitrogens with zero attached hydrogens (tertiary/aromatic N) is 1. The molecule has 1 unspecified atom stereocenters. The zero-order chi connectivity index (χ0) is 11.1. The molecule has 2 heteroatoms. The second-order valence-electron chi connectivity index (χ2n) is 5.37. The Balaban J connectivity index is 2.28. The molecule has 1 N–H and O–H groups in total. The van der Waals surface area contributed by atoms with Gasteiger partial charge in [-0.15, -0.1) is 0 Å². The van der Waals surface area contributed by atoms with Crippen molar-refractivity contribution >= 4 is 0 Å². The highest BCUT2D eigenvalue weighted by molar-refractivity contribution is 4.83. The van der Waals surface area contributed by atoms with E-state index in [0.717, 1.165) is 12.8 Å². The molecular formula is C13H27NO. The molecule has 0 aromatic carbocycles. The van der Waals surface area contributed by atoms with Crippen LogP contribution in [0.2, 0.25) is 0 Å². The van der Waals surface area contributed by atoms with Gasteiger partial charge in [0.05, 0.1) is 0 Å². The first-order chi connectivity index (χ1) is 7.20. The molecule has 1 atom stereocenters. The van der Waals surface area contributed by atoms with Crippen LogP contribution in [-0.2, 0) is 0 Å². The van der Waals surface area contributed by atoms with Crippen molar-refractivity contribution in [1.29, 1.82) is 0 Å². The van der Waals surface area contributed by atoms with Gasteiger partial charge >= 0.3 is 0 Å². The third-order valence-corrected chi connectivity index (χ3v) is 3.60. The molecule has 0 bridgehead atoms. The molecular weight excluding hydrogens is 186 g/mol. The van der Waals surface area contributed by atoms with E-state index in [9.17, 15) is 0 Å². The predicted octanol–water partition coefficient (Wildman–Crippen LogP) is 2.66. The minimum Gasteiger partial charge on any atom is -0.396 e. The normalized spacial score (nSPS) is 28.2. The van der Waals surface area contributed by atoms with Gasteiger partial charge in [0, 0.05) is 13.2 Å². The summed E-state index contributed by atoms with van der Waals surface area (Å²) < 4.78 is 0. The van der Waals surface area contributed by atoms with Crippen molar-refractivity contribution in [3.8, 4) is 0 Å². The number of hydrogen-bond donors (Lipinski definition) is 1. The van der Waals surface area contributed by atoms with Crippen LogP contribution < -0.4 is 0 Å². The van der Waals surface area contributed by atoms with Crippen molar-refractivity contribution < 1.29 is 5.11 Å². The predicted molar refractivity (Wildman–Crippen MR) is 65.0 cm³/mol. The lowest BCUT2D eigenvalue weighted by atomic mass is 9.78. The number of aliphatic hydroxyl groups is 1. The molecule has 0 aromatic rings. The van der Waals surface area contributed by atoms with Crippen LogP contribution in [0, 0.1) is 5.41 Å². The van der Waals surface area contributed by atoms with Gasteiger partial charge in [0.25, 0.3) is 0 Å². The highest BCUT2D eigenvalue weighted by Gasteiger charge is 2.29. The Morgan fingerprint density at radius 1 is 1.33 bits per heavy atom. The summed E-state index contributed by atoms with van der Waals surface area (Å²) in [4.78, 5) is 2.59. The molecule has 2 nitrogen and oxygen atoms in total. The van der Waals surface area contributed by atoms with E-state index in [-0.39, 0.29) is 0 Å². The highest BCUT2D eigenvalue weighted by Crippen LogP contribution is 2.33. The molecule has 1 aliphatic rings. The van der Waals surface area contributed by atoms with Crippen molar-refractivity contribution in [2.45, 2.75) is 52.4 Å². The number of unbranched alkanes of at least 4 members (excludes halogenated alkanes) is 1. The topological polar surface area (TPSA) is 23.5 Å². The lowest BCUT2D eigenvalue weighted by Crippen LogP contribution is -2.42. The second kappa shape index (κ2) is 6.49. The van der Waals surface area contributed by atoms with Crippen molar-refractivity contribution in [3.05, 3.63) is 0 Å². The lowest BCUT2D eigenvalue weighted by molar-refractivity contribution is 0.0917. The van der Waals surface area contributed by atoms with Crippen molar-refractivity contribution in [2.24, 2.45) is 5.41 Å². The number of rotatable bonds is 6. The minimum absolute atomic E-state index is 0.347. The fourth-order valence-corrected chi connectivity index (χ4v) is 2.87. The van der Waals surface area contributed by atoms with E-state index in [0.29, 0.717) is 12.0 Å². The van der Waals surface area contributed by atoms with E-state index >= 15 is 0 Å². The fourth-order valence-electron chi connectivity index (χ4n) is 2.87. The molecule has 0 radical (unpaired) electrons. The van der Waals surface area contributed by atoms with Gasteiger partial charge in [-0.1, -0.05) is 20.3 Å². The summed E-state index contributed by atoms with van der Waals surface area (Å²) in [5.41, 5.74) is 0.562. The third kappa shape index (κ3) is 4.52. The summed E-state index contributed by atoms with van der Waals surface area (Å²) in [6, 6.07) is 0. The van der Waals surface area contributed by atoms with E-state index in [1.807, 2.05) is 0 Å². The SMILES string of the molecule is CCCC1(C)CCCN(CCCCO)C1. The minimum atomic E-state index is 0.347. The standard InChI is InChI=1S/C13H27NO/c1-3-7-13(2)8-6-10-14(12-13)9-4-5-11-15/h15H,3-12H2,1-2H3. The number of likely N-dealkylation sites (tertiary alicyclic amines) is 1. The van der Waals surface area contributed by atoms with E-state index in [1.165, 1.54) is 45.3 Å². The quantitative estimate of drug-likeness (QED) is 0.686. The summed E-state index contributed by atoms with van der Waals surface area (Å²) in [6.07, 6.45) is 7.54. The smallest absolute Gasteiger partial charge is 0.0431 e. The average Bonchev–Trinajstić information content (AvgIpc) is 2.18. The Kier molecular flexibility index (Phi) is 5.62. The second-order valence-corrected chi connectivity index (χ2v) is 5.37. The summed E-state index contributed by atoms with van der Waals surface area (Å²) in [6.45, 7) is 8.79. The largest absolute Gasteiger partial charge is 0.396 e. The zero-order valence-corrected chi connectivity index (χ0v) is 10.5. The maximum atomic E-state index is 8.76. The molecule has 1 fully saturated rings. The van der Waals surface area contributed by atoms with Crippen LogP contribution in [0.15, 0.2) is 0 Å². The molecule has 90 valence electrons. The highest BCUT2D eigenvalue weighted by atomic mass is 16.2. The molecule has 1 aliphatic heterocycles. The Hall–Kier alpha value is -0.0800. The molecule has 1 saturated heterocycles. The number of aliphatic hydroxyl groups excluding tert-OH is 1. The Labute approximate surface area is 94.7 Å². The average molecular weight is 213 g/mol. The summed E-state index contributed by atoms with van der Waals surface area (Å²) >= 11 is 0. The van der Waals surface area contributed by atoms with E-state index in [1.54, 1.807) is 0 Å². The van der Waals surface area contributed by atoms with Crippen LogP contribution in [0.3, 0.4) is 0 Å². The fraction of sp³-hybridized carbons (Fsp3) is 1.00. The molecule has 0 aromatic heterocycles. The van der Waals surface area contributed by atoms with Crippen LogP contribution in [0.4, 0.5) is 0 Å². The van der Waals surface area contributed by atoms with Gasteiger partial charge in [0.15, 0.2) is 0 Å².